The van der Waals surface area contributed by atoms with Crippen molar-refractivity contribution in [2.24, 2.45) is 0 Å². The Hall–Kier alpha value is -3.31. The zero-order chi connectivity index (χ0) is 21.9. The second kappa shape index (κ2) is 8.59. The first-order chi connectivity index (χ1) is 14.2. The zero-order valence-electron chi connectivity index (χ0n) is 15.0. The number of benzene rings is 1. The average Bonchev–Trinajstić information content (AvgIpc) is 2.72. The third-order valence-corrected chi connectivity index (χ3v) is 4.22. The van der Waals surface area contributed by atoms with Crippen molar-refractivity contribution >= 4 is 17.5 Å². The Balaban J connectivity index is 2.14. The maximum atomic E-state index is 12.9. The molecule has 0 radical (unpaired) electrons. The summed E-state index contributed by atoms with van der Waals surface area (Å²) in [5.74, 6) is -1.32. The lowest BCUT2D eigenvalue weighted by molar-refractivity contribution is -0.161. The molecule has 30 heavy (non-hydrogen) atoms. The van der Waals surface area contributed by atoms with E-state index >= 15 is 0 Å². The van der Waals surface area contributed by atoms with E-state index in [2.05, 4.69) is 15.1 Å². The molecule has 0 saturated heterocycles. The zero-order valence-corrected chi connectivity index (χ0v) is 15.7. The van der Waals surface area contributed by atoms with Crippen molar-refractivity contribution in [1.82, 2.24) is 25.1 Å². The van der Waals surface area contributed by atoms with E-state index in [0.29, 0.717) is 10.6 Å². The number of aliphatic hydroxyl groups excluding tert-OH is 1. The predicted molar refractivity (Wildman–Crippen MR) is 100 cm³/mol. The topological polar surface area (TPSA) is 110 Å². The van der Waals surface area contributed by atoms with Crippen LogP contribution in [0.3, 0.4) is 0 Å². The number of hydrogen-bond donors (Lipinski definition) is 2. The minimum Gasteiger partial charge on any atom is -0.394 e. The summed E-state index contributed by atoms with van der Waals surface area (Å²) in [5.41, 5.74) is -0.927. The van der Waals surface area contributed by atoms with Gasteiger partial charge in [-0.05, 0) is 18.2 Å². The molecule has 0 bridgehead atoms. The predicted octanol–water partition coefficient (Wildman–Crippen LogP) is 2.00. The molecule has 8 nitrogen and oxygen atoms in total. The van der Waals surface area contributed by atoms with Gasteiger partial charge in [0.25, 0.3) is 11.5 Å². The van der Waals surface area contributed by atoms with Crippen LogP contribution in [0, 0.1) is 0 Å². The van der Waals surface area contributed by atoms with Crippen molar-refractivity contribution in [3.05, 3.63) is 70.0 Å². The molecular weight excluding hydrogens is 427 g/mol. The van der Waals surface area contributed by atoms with E-state index < -0.39 is 35.9 Å². The molecular formula is C18H13ClF3N5O3. The summed E-state index contributed by atoms with van der Waals surface area (Å²) in [6, 6.07) is 4.75. The van der Waals surface area contributed by atoms with Crippen LogP contribution in [0.15, 0.2) is 53.8 Å². The van der Waals surface area contributed by atoms with Gasteiger partial charge in [-0.3, -0.25) is 9.59 Å². The van der Waals surface area contributed by atoms with E-state index in [1.54, 1.807) is 29.6 Å². The number of aliphatic hydroxyl groups is 1. The van der Waals surface area contributed by atoms with Crippen LogP contribution >= 0.6 is 11.6 Å². The number of carbonyl (C=O) groups excluding carboxylic acids is 1. The smallest absolute Gasteiger partial charge is 0.394 e. The number of alkyl halides is 3. The second-order valence-corrected chi connectivity index (χ2v) is 6.45. The summed E-state index contributed by atoms with van der Waals surface area (Å²) in [6.45, 7) is -1.38. The van der Waals surface area contributed by atoms with Gasteiger partial charge in [0, 0.05) is 10.6 Å². The van der Waals surface area contributed by atoms with Crippen molar-refractivity contribution in [3.63, 3.8) is 0 Å². The number of amides is 1. The highest BCUT2D eigenvalue weighted by Gasteiger charge is 2.40. The molecule has 0 saturated carbocycles. The highest BCUT2D eigenvalue weighted by Crippen LogP contribution is 2.22. The number of hydrogen-bond acceptors (Lipinski definition) is 6. The average molecular weight is 440 g/mol. The fourth-order valence-electron chi connectivity index (χ4n) is 2.46. The van der Waals surface area contributed by atoms with Crippen LogP contribution in [0.1, 0.15) is 10.4 Å². The number of carbonyl (C=O) groups is 1. The lowest BCUT2D eigenvalue weighted by atomic mass is 10.1. The van der Waals surface area contributed by atoms with E-state index in [0.717, 1.165) is 10.7 Å². The van der Waals surface area contributed by atoms with E-state index in [1.165, 1.54) is 18.7 Å². The minimum absolute atomic E-state index is 0.0990. The third kappa shape index (κ3) is 4.63. The van der Waals surface area contributed by atoms with Crippen molar-refractivity contribution in [2.45, 2.75) is 12.2 Å². The number of halogens is 4. The van der Waals surface area contributed by atoms with Gasteiger partial charge in [0.1, 0.15) is 23.6 Å². The van der Waals surface area contributed by atoms with Crippen molar-refractivity contribution in [1.29, 1.82) is 0 Å². The summed E-state index contributed by atoms with van der Waals surface area (Å²) < 4.78 is 39.6. The summed E-state index contributed by atoms with van der Waals surface area (Å²) in [7, 11) is 0. The summed E-state index contributed by atoms with van der Waals surface area (Å²) in [5, 5.41) is 15.2. The molecule has 0 aliphatic rings. The Morgan fingerprint density at radius 3 is 2.40 bits per heavy atom. The van der Waals surface area contributed by atoms with Gasteiger partial charge in [-0.2, -0.15) is 23.0 Å². The number of nitrogens with zero attached hydrogens (tertiary/aromatic N) is 4. The van der Waals surface area contributed by atoms with Gasteiger partial charge in [0.05, 0.1) is 24.7 Å². The molecule has 2 aromatic heterocycles. The molecule has 0 fully saturated rings. The molecule has 0 unspecified atom stereocenters. The number of nitrogens with one attached hydrogen (secondary N) is 1. The molecule has 0 aliphatic carbocycles. The molecule has 1 amide bonds. The Morgan fingerprint density at radius 2 is 1.83 bits per heavy atom. The second-order valence-electron chi connectivity index (χ2n) is 6.01. The van der Waals surface area contributed by atoms with Gasteiger partial charge in [0.2, 0.25) is 0 Å². The molecule has 156 valence electrons. The van der Waals surface area contributed by atoms with Crippen LogP contribution in [-0.4, -0.2) is 49.6 Å². The normalized spacial score (nSPS) is 12.4. The highest BCUT2D eigenvalue weighted by atomic mass is 35.5. The first kappa shape index (κ1) is 21.4. The lowest BCUT2D eigenvalue weighted by Gasteiger charge is -2.19. The van der Waals surface area contributed by atoms with Gasteiger partial charge in [-0.25, -0.2) is 9.97 Å². The van der Waals surface area contributed by atoms with Crippen LogP contribution in [0.5, 0.6) is 0 Å². The number of aromatic nitrogens is 4. The fourth-order valence-corrected chi connectivity index (χ4v) is 2.59. The van der Waals surface area contributed by atoms with Crippen LogP contribution in [-0.2, 0) is 0 Å². The van der Waals surface area contributed by atoms with Crippen LogP contribution in [0.2, 0.25) is 5.02 Å². The van der Waals surface area contributed by atoms with E-state index in [4.69, 9.17) is 16.7 Å². The monoisotopic (exact) mass is 439 g/mol. The maximum Gasteiger partial charge on any atom is 0.410 e. The van der Waals surface area contributed by atoms with Crippen molar-refractivity contribution < 1.29 is 23.1 Å². The Bertz CT molecular complexity index is 1100. The third-order valence-electron chi connectivity index (χ3n) is 3.97. The standard InChI is InChI=1S/C18H13ClF3N5O3/c19-11-3-1-10(2-4-11)14-5-13(16(29)25-15(8-28)18(20,21)22)17(30)27(26-14)12-6-23-9-24-7-12/h1-7,9,15,28H,8H2,(H,25,29)/t15-/m1/s1. The fraction of sp³-hybridized carbons (Fsp3) is 0.167. The first-order valence-electron chi connectivity index (χ1n) is 8.35. The van der Waals surface area contributed by atoms with Gasteiger partial charge in [0.15, 0.2) is 0 Å². The van der Waals surface area contributed by atoms with Gasteiger partial charge in [-0.1, -0.05) is 23.7 Å². The Labute approximate surface area is 172 Å². The highest BCUT2D eigenvalue weighted by molar-refractivity contribution is 6.30. The SMILES string of the molecule is O=C(N[C@H](CO)C(F)(F)F)c1cc(-c2ccc(Cl)cc2)nn(-c2cncnc2)c1=O. The number of rotatable bonds is 5. The first-order valence-corrected chi connectivity index (χ1v) is 8.72. The van der Waals surface area contributed by atoms with Crippen LogP contribution in [0.25, 0.3) is 16.9 Å². The molecule has 0 spiro atoms. The molecule has 1 atom stereocenters. The summed E-state index contributed by atoms with van der Waals surface area (Å²) in [6.07, 6.45) is -1.19. The quantitative estimate of drug-likeness (QED) is 0.629. The maximum absolute atomic E-state index is 12.9. The van der Waals surface area contributed by atoms with E-state index in [1.807, 2.05) is 0 Å². The lowest BCUT2D eigenvalue weighted by Crippen LogP contribution is -2.49. The Morgan fingerprint density at radius 1 is 1.20 bits per heavy atom. The molecule has 3 rings (SSSR count). The minimum atomic E-state index is -4.90. The molecule has 2 N–H and O–H groups in total. The largest absolute Gasteiger partial charge is 0.410 e. The summed E-state index contributed by atoms with van der Waals surface area (Å²) in [4.78, 5) is 32.8. The molecule has 2 heterocycles. The molecule has 3 aromatic rings. The van der Waals surface area contributed by atoms with Gasteiger partial charge in [-0.15, -0.1) is 0 Å². The van der Waals surface area contributed by atoms with Crippen LogP contribution < -0.4 is 10.9 Å². The van der Waals surface area contributed by atoms with Crippen molar-refractivity contribution in [3.8, 4) is 16.9 Å². The van der Waals surface area contributed by atoms with Crippen molar-refractivity contribution in [2.75, 3.05) is 6.61 Å². The Kier molecular flexibility index (Phi) is 6.13. The van der Waals surface area contributed by atoms with E-state index in [9.17, 15) is 22.8 Å². The van der Waals surface area contributed by atoms with Gasteiger partial charge >= 0.3 is 6.18 Å². The summed E-state index contributed by atoms with van der Waals surface area (Å²) >= 11 is 5.86. The molecule has 1 aromatic carbocycles. The van der Waals surface area contributed by atoms with E-state index in [-0.39, 0.29) is 11.4 Å². The van der Waals surface area contributed by atoms with Gasteiger partial charge < -0.3 is 10.4 Å². The van der Waals surface area contributed by atoms with Crippen LogP contribution in [0.4, 0.5) is 13.2 Å². The molecule has 0 aliphatic heterocycles. The molecule has 12 heteroatoms.